The third kappa shape index (κ3) is 19.0. The number of carbonyl (C=O) groups is 9. The van der Waals surface area contributed by atoms with Gasteiger partial charge in [-0.25, -0.2) is 9.59 Å². The van der Waals surface area contributed by atoms with E-state index in [0.717, 1.165) is 12.8 Å². The van der Waals surface area contributed by atoms with E-state index in [1.165, 1.54) is 13.8 Å². The van der Waals surface area contributed by atoms with Gasteiger partial charge in [-0.15, -0.1) is 0 Å². The van der Waals surface area contributed by atoms with Gasteiger partial charge in [0.1, 0.15) is 17.8 Å². The van der Waals surface area contributed by atoms with Gasteiger partial charge in [0.15, 0.2) is 5.60 Å². The molecule has 384 valence electrons. The van der Waals surface area contributed by atoms with Crippen LogP contribution >= 0.6 is 0 Å². The number of esters is 9. The van der Waals surface area contributed by atoms with Crippen molar-refractivity contribution >= 4 is 53.7 Å². The van der Waals surface area contributed by atoms with Crippen molar-refractivity contribution < 1.29 is 85.8 Å². The lowest BCUT2D eigenvalue weighted by Crippen LogP contribution is -2.42. The second kappa shape index (κ2) is 25.0. The normalized spacial score (nSPS) is 22.6. The van der Waals surface area contributed by atoms with Crippen LogP contribution in [0, 0.1) is 34.5 Å². The Morgan fingerprint density at radius 3 is 1.43 bits per heavy atom. The number of cyclic esters (lactones) is 4. The number of carbonyl (C=O) groups excluding carboxylic acids is 9. The predicted octanol–water partition coefficient (Wildman–Crippen LogP) is 7.11. The molecule has 4 heterocycles. The fraction of sp³-hybridized carbons (Fsp3) is 0.816. The molecular formula is C49H80O18. The minimum Gasteiger partial charge on any atom is -0.465 e. The zero-order chi connectivity index (χ0) is 51.9. The molecule has 0 radical (unpaired) electrons. The van der Waals surface area contributed by atoms with Gasteiger partial charge in [0, 0.05) is 18.3 Å². The lowest BCUT2D eigenvalue weighted by Gasteiger charge is -2.33. The number of rotatable bonds is 16. The van der Waals surface area contributed by atoms with Crippen LogP contribution in [0.5, 0.6) is 0 Å². The van der Waals surface area contributed by atoms with Crippen molar-refractivity contribution in [2.24, 2.45) is 34.5 Å². The van der Waals surface area contributed by atoms with E-state index in [0.29, 0.717) is 45.3 Å². The van der Waals surface area contributed by atoms with Crippen molar-refractivity contribution in [2.45, 2.75) is 198 Å². The molecule has 0 aromatic rings. The average Bonchev–Trinajstić information content (AvgIpc) is 4.06. The third-order valence-electron chi connectivity index (χ3n) is 12.7. The summed E-state index contributed by atoms with van der Waals surface area (Å²) >= 11 is 0. The second-order valence-corrected chi connectivity index (χ2v) is 20.7. The van der Waals surface area contributed by atoms with Gasteiger partial charge in [-0.05, 0) is 102 Å². The average molecular weight is 957 g/mol. The van der Waals surface area contributed by atoms with Crippen LogP contribution in [-0.2, 0) is 85.8 Å². The standard InChI is InChI=1S/C13H20O6.C13H22O4.C12H20O4.C11H18O4/c1-5-8(2)10(14)19-13(3,4)12(16)18-9-6-7-17-11(9)15;1-6-12(2,3)11(15)17-13(4,5)9-7-10(14)16-8-9;1-5-8(2)11(14)16-12(3,4)9-6-10(13)15-7-9;1-5-10(2,3)9(13)15-11(4)6-8(12)14-7-11/h8-9H,5-7H2,1-4H3;9H,6-8H2,1-5H3;8-9H,5-7H2,1-4H3;5-7H2,1-4H3. The van der Waals surface area contributed by atoms with Gasteiger partial charge in [-0.3, -0.25) is 33.6 Å². The fourth-order valence-electron chi connectivity index (χ4n) is 5.76. The van der Waals surface area contributed by atoms with E-state index >= 15 is 0 Å². The first-order valence-electron chi connectivity index (χ1n) is 23.4. The Morgan fingerprint density at radius 1 is 0.612 bits per heavy atom. The van der Waals surface area contributed by atoms with Gasteiger partial charge < -0.3 is 42.6 Å². The van der Waals surface area contributed by atoms with Crippen LogP contribution in [0.15, 0.2) is 0 Å². The molecule has 4 rings (SSSR count). The highest BCUT2D eigenvalue weighted by Crippen LogP contribution is 2.34. The maximum atomic E-state index is 12.0. The van der Waals surface area contributed by atoms with Crippen molar-refractivity contribution in [2.75, 3.05) is 26.4 Å². The molecule has 18 heteroatoms. The summed E-state index contributed by atoms with van der Waals surface area (Å²) in [7, 11) is 0. The molecule has 67 heavy (non-hydrogen) atoms. The van der Waals surface area contributed by atoms with E-state index < -0.39 is 57.2 Å². The molecule has 0 spiro atoms. The van der Waals surface area contributed by atoms with E-state index in [-0.39, 0.29) is 79.1 Å². The zero-order valence-corrected chi connectivity index (χ0v) is 43.2. The number of ether oxygens (including phenoxy) is 9. The molecule has 6 unspecified atom stereocenters. The van der Waals surface area contributed by atoms with Gasteiger partial charge in [-0.2, -0.15) is 0 Å². The van der Waals surface area contributed by atoms with Crippen molar-refractivity contribution in [3.05, 3.63) is 0 Å². The van der Waals surface area contributed by atoms with E-state index in [2.05, 4.69) is 0 Å². The van der Waals surface area contributed by atoms with Crippen molar-refractivity contribution in [3.63, 3.8) is 0 Å². The minimum atomic E-state index is -1.41. The molecule has 4 aliphatic heterocycles. The van der Waals surface area contributed by atoms with Gasteiger partial charge >= 0.3 is 53.7 Å². The Kier molecular flexibility index (Phi) is 22.5. The van der Waals surface area contributed by atoms with E-state index in [1.54, 1.807) is 13.8 Å². The van der Waals surface area contributed by atoms with Crippen LogP contribution in [0.25, 0.3) is 0 Å². The molecule has 4 fully saturated rings. The van der Waals surface area contributed by atoms with Crippen LogP contribution in [0.2, 0.25) is 0 Å². The van der Waals surface area contributed by atoms with Gasteiger partial charge in [0.2, 0.25) is 11.7 Å². The summed E-state index contributed by atoms with van der Waals surface area (Å²) in [6, 6.07) is 0. The highest BCUT2D eigenvalue weighted by molar-refractivity contribution is 5.86. The maximum absolute atomic E-state index is 12.0. The summed E-state index contributed by atoms with van der Waals surface area (Å²) in [6.07, 6.45) is 3.06. The molecule has 0 saturated carbocycles. The smallest absolute Gasteiger partial charge is 0.350 e. The summed E-state index contributed by atoms with van der Waals surface area (Å²) < 4.78 is 45.8. The number of hydrogen-bond acceptors (Lipinski definition) is 18. The van der Waals surface area contributed by atoms with E-state index in [9.17, 15) is 43.2 Å². The van der Waals surface area contributed by atoms with Gasteiger partial charge in [0.25, 0.3) is 0 Å². The monoisotopic (exact) mass is 957 g/mol. The molecule has 18 nitrogen and oxygen atoms in total. The van der Waals surface area contributed by atoms with Crippen LogP contribution < -0.4 is 0 Å². The summed E-state index contributed by atoms with van der Waals surface area (Å²) in [5.41, 5.74) is -4.47. The number of hydrogen-bond donors (Lipinski definition) is 0. The molecular weight excluding hydrogens is 877 g/mol. The minimum absolute atomic E-state index is 0.0343. The van der Waals surface area contributed by atoms with Gasteiger partial charge in [-0.1, -0.05) is 41.5 Å². The lowest BCUT2D eigenvalue weighted by atomic mass is 9.87. The van der Waals surface area contributed by atoms with Crippen molar-refractivity contribution in [1.29, 1.82) is 0 Å². The molecule has 0 aromatic carbocycles. The first-order valence-corrected chi connectivity index (χ1v) is 23.4. The highest BCUT2D eigenvalue weighted by atomic mass is 16.6. The quantitative estimate of drug-likeness (QED) is 0.111. The largest absolute Gasteiger partial charge is 0.465 e. The summed E-state index contributed by atoms with van der Waals surface area (Å²) in [6.45, 7) is 31.7. The fourth-order valence-corrected chi connectivity index (χ4v) is 5.76. The Labute approximate surface area is 397 Å². The molecule has 6 atom stereocenters. The maximum Gasteiger partial charge on any atom is 0.350 e. The summed E-state index contributed by atoms with van der Waals surface area (Å²) in [5, 5.41) is 0. The SMILES string of the molecule is CCC(C)(C)C(=O)OC(C)(C)C1COC(=O)C1.CCC(C)(C)C(=O)OC1(C)COC(=O)C1.CCC(C)C(=O)OC(C)(C)C(=O)OC1CCOC1=O.CCC(C)C(=O)OC(C)(C)C1COC(=O)C1. The van der Waals surface area contributed by atoms with E-state index in [1.807, 2.05) is 90.0 Å². The highest BCUT2D eigenvalue weighted by Gasteiger charge is 2.45. The molecule has 0 aliphatic carbocycles. The van der Waals surface area contributed by atoms with Crippen LogP contribution in [0.4, 0.5) is 0 Å². The Morgan fingerprint density at radius 2 is 1.06 bits per heavy atom. The second-order valence-electron chi connectivity index (χ2n) is 20.7. The van der Waals surface area contributed by atoms with Crippen molar-refractivity contribution in [1.82, 2.24) is 0 Å². The third-order valence-corrected chi connectivity index (χ3v) is 12.7. The molecule has 0 aromatic heterocycles. The Balaban J connectivity index is 0.000000448. The first kappa shape index (κ1) is 60.2. The lowest BCUT2D eigenvalue weighted by molar-refractivity contribution is -0.185. The zero-order valence-electron chi connectivity index (χ0n) is 43.2. The molecule has 4 saturated heterocycles. The summed E-state index contributed by atoms with van der Waals surface area (Å²) in [4.78, 5) is 103. The molecule has 0 bridgehead atoms. The van der Waals surface area contributed by atoms with Gasteiger partial charge in [0.05, 0.1) is 61.7 Å². The van der Waals surface area contributed by atoms with Crippen LogP contribution in [0.3, 0.4) is 0 Å². The Bertz CT molecular complexity index is 1760. The first-order chi connectivity index (χ1) is 30.6. The van der Waals surface area contributed by atoms with E-state index in [4.69, 9.17) is 42.6 Å². The van der Waals surface area contributed by atoms with Crippen LogP contribution in [0.1, 0.15) is 169 Å². The van der Waals surface area contributed by atoms with Crippen molar-refractivity contribution in [3.8, 4) is 0 Å². The molecule has 0 N–H and O–H groups in total. The predicted molar refractivity (Wildman–Crippen MR) is 241 cm³/mol. The topological polar surface area (TPSA) is 237 Å². The summed E-state index contributed by atoms with van der Waals surface area (Å²) in [5.74, 6) is -3.66. The molecule has 0 amide bonds. The molecule has 4 aliphatic rings. The Hall–Kier alpha value is -4.77. The van der Waals surface area contributed by atoms with Crippen LogP contribution in [-0.4, -0.2) is 109 Å².